The number of rotatable bonds is 7. The van der Waals surface area contributed by atoms with Crippen LogP contribution in [0.1, 0.15) is 24.1 Å². The van der Waals surface area contributed by atoms with E-state index in [2.05, 4.69) is 22.0 Å². The van der Waals surface area contributed by atoms with Crippen LogP contribution in [0.5, 0.6) is 5.75 Å². The molecule has 4 nitrogen and oxygen atoms in total. The molecule has 0 N–H and O–H groups in total. The summed E-state index contributed by atoms with van der Waals surface area (Å²) in [5, 5.41) is 0. The second-order valence-corrected chi connectivity index (χ2v) is 6.49. The van der Waals surface area contributed by atoms with E-state index in [1.807, 2.05) is 42.5 Å². The number of oxazole rings is 1. The van der Waals surface area contributed by atoms with Gasteiger partial charge in [0, 0.05) is 24.7 Å². The van der Waals surface area contributed by atoms with Crippen molar-refractivity contribution in [2.45, 2.75) is 32.0 Å². The van der Waals surface area contributed by atoms with Crippen molar-refractivity contribution >= 4 is 0 Å². The number of benzene rings is 2. The molecule has 0 spiro atoms. The number of hydrogen-bond acceptors (Lipinski definition) is 4. The predicted octanol–water partition coefficient (Wildman–Crippen LogP) is 4.51. The Balaban J connectivity index is 1.46. The normalized spacial score (nSPS) is 14.0. The van der Waals surface area contributed by atoms with Crippen molar-refractivity contribution in [2.75, 3.05) is 7.11 Å². The number of hydrogen-bond donors (Lipinski definition) is 0. The summed E-state index contributed by atoms with van der Waals surface area (Å²) in [7, 11) is 1.69. The number of methoxy groups -OCH3 is 1. The zero-order valence-corrected chi connectivity index (χ0v) is 14.4. The van der Waals surface area contributed by atoms with Crippen molar-refractivity contribution in [1.82, 2.24) is 9.88 Å². The van der Waals surface area contributed by atoms with Crippen molar-refractivity contribution in [2.24, 2.45) is 0 Å². The first-order valence-electron chi connectivity index (χ1n) is 8.68. The van der Waals surface area contributed by atoms with Crippen LogP contribution >= 0.6 is 0 Å². The first kappa shape index (κ1) is 15.9. The fourth-order valence-electron chi connectivity index (χ4n) is 3.02. The average Bonchev–Trinajstić information content (AvgIpc) is 3.41. The van der Waals surface area contributed by atoms with Crippen LogP contribution in [-0.4, -0.2) is 23.0 Å². The highest BCUT2D eigenvalue weighted by Gasteiger charge is 2.29. The van der Waals surface area contributed by atoms with Crippen LogP contribution in [0.3, 0.4) is 0 Å². The van der Waals surface area contributed by atoms with E-state index in [9.17, 15) is 0 Å². The Bertz CT molecular complexity index is 807. The van der Waals surface area contributed by atoms with Crippen LogP contribution in [0.2, 0.25) is 0 Å². The molecule has 1 aliphatic carbocycles. The lowest BCUT2D eigenvalue weighted by molar-refractivity contribution is 0.242. The van der Waals surface area contributed by atoms with E-state index in [4.69, 9.17) is 9.15 Å². The monoisotopic (exact) mass is 334 g/mol. The summed E-state index contributed by atoms with van der Waals surface area (Å²) in [6.07, 6.45) is 4.31. The lowest BCUT2D eigenvalue weighted by atomic mass is 10.2. The topological polar surface area (TPSA) is 38.5 Å². The first-order valence-corrected chi connectivity index (χ1v) is 8.68. The molecule has 0 aliphatic heterocycles. The minimum Gasteiger partial charge on any atom is -0.497 e. The van der Waals surface area contributed by atoms with Crippen molar-refractivity contribution in [1.29, 1.82) is 0 Å². The Kier molecular flexibility index (Phi) is 4.53. The van der Waals surface area contributed by atoms with Gasteiger partial charge in [-0.1, -0.05) is 30.3 Å². The quantitative estimate of drug-likeness (QED) is 0.637. The van der Waals surface area contributed by atoms with Crippen LogP contribution in [0.15, 0.2) is 65.3 Å². The van der Waals surface area contributed by atoms with E-state index in [-0.39, 0.29) is 0 Å². The molecule has 0 bridgehead atoms. The van der Waals surface area contributed by atoms with E-state index in [0.29, 0.717) is 11.9 Å². The number of nitrogens with zero attached hydrogens (tertiary/aromatic N) is 2. The van der Waals surface area contributed by atoms with E-state index < -0.39 is 0 Å². The summed E-state index contributed by atoms with van der Waals surface area (Å²) in [6.45, 7) is 1.73. The molecule has 0 saturated heterocycles. The molecule has 2 aromatic carbocycles. The second kappa shape index (κ2) is 7.11. The molecule has 4 heteroatoms. The Hall–Kier alpha value is -2.59. The third-order valence-electron chi connectivity index (χ3n) is 4.55. The highest BCUT2D eigenvalue weighted by Crippen LogP contribution is 2.30. The van der Waals surface area contributed by atoms with Crippen LogP contribution in [0.4, 0.5) is 0 Å². The van der Waals surface area contributed by atoms with Gasteiger partial charge in [-0.05, 0) is 42.7 Å². The molecule has 0 amide bonds. The lowest BCUT2D eigenvalue weighted by Crippen LogP contribution is -2.25. The van der Waals surface area contributed by atoms with Gasteiger partial charge in [0.25, 0.3) is 0 Å². The van der Waals surface area contributed by atoms with E-state index in [1.165, 1.54) is 18.4 Å². The fourth-order valence-corrected chi connectivity index (χ4v) is 3.02. The summed E-state index contributed by atoms with van der Waals surface area (Å²) in [5.74, 6) is 1.58. The molecule has 3 aromatic rings. The van der Waals surface area contributed by atoms with Gasteiger partial charge < -0.3 is 9.15 Å². The Labute approximate surface area is 148 Å². The van der Waals surface area contributed by atoms with Crippen LogP contribution in [0.25, 0.3) is 11.5 Å². The molecule has 4 rings (SSSR count). The zero-order chi connectivity index (χ0) is 17.1. The molecule has 128 valence electrons. The second-order valence-electron chi connectivity index (χ2n) is 6.49. The highest BCUT2D eigenvalue weighted by atomic mass is 16.5. The maximum atomic E-state index is 5.68. The Morgan fingerprint density at radius 3 is 2.48 bits per heavy atom. The van der Waals surface area contributed by atoms with E-state index >= 15 is 0 Å². The maximum Gasteiger partial charge on any atom is 0.226 e. The van der Waals surface area contributed by atoms with Gasteiger partial charge in [-0.3, -0.25) is 4.90 Å². The minimum absolute atomic E-state index is 0.652. The molecule has 1 aliphatic rings. The molecule has 1 heterocycles. The minimum atomic E-state index is 0.652. The van der Waals surface area contributed by atoms with E-state index in [1.54, 1.807) is 13.4 Å². The standard InChI is InChI=1S/C21H22N2O2/c1-24-20-11-7-16(8-12-20)13-23(19-9-10-19)14-18-15-25-21(22-18)17-5-3-2-4-6-17/h2-8,11-12,15,19H,9-10,13-14H2,1H3. The molecule has 0 atom stereocenters. The smallest absolute Gasteiger partial charge is 0.226 e. The van der Waals surface area contributed by atoms with Crippen molar-refractivity contribution in [3.63, 3.8) is 0 Å². The third kappa shape index (κ3) is 3.91. The Morgan fingerprint density at radius 2 is 1.80 bits per heavy atom. The summed E-state index contributed by atoms with van der Waals surface area (Å²) in [4.78, 5) is 7.15. The molecule has 1 aromatic heterocycles. The summed E-state index contributed by atoms with van der Waals surface area (Å²) in [5.41, 5.74) is 3.29. The van der Waals surface area contributed by atoms with Gasteiger partial charge >= 0.3 is 0 Å². The number of ether oxygens (including phenoxy) is 1. The van der Waals surface area contributed by atoms with Crippen molar-refractivity contribution < 1.29 is 9.15 Å². The molecule has 0 unspecified atom stereocenters. The fraction of sp³-hybridized carbons (Fsp3) is 0.286. The van der Waals surface area contributed by atoms with Gasteiger partial charge in [-0.15, -0.1) is 0 Å². The maximum absolute atomic E-state index is 5.68. The summed E-state index contributed by atoms with van der Waals surface area (Å²) < 4.78 is 10.9. The predicted molar refractivity (Wildman–Crippen MR) is 97.2 cm³/mol. The average molecular weight is 334 g/mol. The van der Waals surface area contributed by atoms with Gasteiger partial charge in [0.1, 0.15) is 12.0 Å². The largest absolute Gasteiger partial charge is 0.497 e. The summed E-state index contributed by atoms with van der Waals surface area (Å²) >= 11 is 0. The molecule has 25 heavy (non-hydrogen) atoms. The van der Waals surface area contributed by atoms with Crippen LogP contribution in [-0.2, 0) is 13.1 Å². The molecular formula is C21H22N2O2. The summed E-state index contributed by atoms with van der Waals surface area (Å²) in [6, 6.07) is 19.0. The van der Waals surface area contributed by atoms with Gasteiger partial charge in [-0.2, -0.15) is 0 Å². The van der Waals surface area contributed by atoms with Crippen LogP contribution < -0.4 is 4.74 Å². The van der Waals surface area contributed by atoms with Crippen molar-refractivity contribution in [3.05, 3.63) is 72.1 Å². The van der Waals surface area contributed by atoms with Gasteiger partial charge in [0.15, 0.2) is 0 Å². The van der Waals surface area contributed by atoms with E-state index in [0.717, 1.165) is 30.1 Å². The molecule has 1 saturated carbocycles. The Morgan fingerprint density at radius 1 is 1.04 bits per heavy atom. The number of aromatic nitrogens is 1. The van der Waals surface area contributed by atoms with Gasteiger partial charge in [0.2, 0.25) is 5.89 Å². The first-order chi connectivity index (χ1) is 12.3. The third-order valence-corrected chi connectivity index (χ3v) is 4.55. The molecular weight excluding hydrogens is 312 g/mol. The lowest BCUT2D eigenvalue weighted by Gasteiger charge is -2.20. The van der Waals surface area contributed by atoms with Gasteiger partial charge in [-0.25, -0.2) is 4.98 Å². The highest BCUT2D eigenvalue weighted by molar-refractivity contribution is 5.52. The van der Waals surface area contributed by atoms with Crippen molar-refractivity contribution in [3.8, 4) is 17.2 Å². The zero-order valence-electron chi connectivity index (χ0n) is 14.4. The van der Waals surface area contributed by atoms with Gasteiger partial charge in [0.05, 0.1) is 12.8 Å². The van der Waals surface area contributed by atoms with Crippen LogP contribution in [0, 0.1) is 0 Å². The molecule has 0 radical (unpaired) electrons. The molecule has 1 fully saturated rings. The SMILES string of the molecule is COc1ccc(CN(Cc2coc(-c3ccccc3)n2)C2CC2)cc1.